The Balaban J connectivity index is 1.72. The summed E-state index contributed by atoms with van der Waals surface area (Å²) in [5, 5.41) is 0. The van der Waals surface area contributed by atoms with Gasteiger partial charge in [-0.05, 0) is 78.0 Å². The largest absolute Gasteiger partial charge is 0.490 e. The molecular weight excluding hydrogens is 551 g/mol. The highest BCUT2D eigenvalue weighted by molar-refractivity contribution is 7.48. The molecule has 0 N–H and O–H groups in total. The van der Waals surface area contributed by atoms with Crippen LogP contribution in [0, 0.1) is 11.6 Å². The summed E-state index contributed by atoms with van der Waals surface area (Å²) in [6.07, 6.45) is 2.79. The molecule has 10 heteroatoms. The van der Waals surface area contributed by atoms with Crippen LogP contribution < -0.4 is 4.74 Å². The molecular formula is C31H44F2NO6P. The molecule has 0 amide bonds. The van der Waals surface area contributed by atoms with E-state index in [1.807, 2.05) is 19.1 Å². The third-order valence-electron chi connectivity index (χ3n) is 6.13. The number of hydrogen-bond acceptors (Lipinski definition) is 7. The van der Waals surface area contributed by atoms with Gasteiger partial charge in [0, 0.05) is 18.6 Å². The van der Waals surface area contributed by atoms with E-state index in [0.29, 0.717) is 30.9 Å². The molecule has 0 spiro atoms. The van der Waals surface area contributed by atoms with Crippen molar-refractivity contribution >= 4 is 13.7 Å². The molecule has 0 bridgehead atoms. The molecule has 1 aliphatic heterocycles. The lowest BCUT2D eigenvalue weighted by Gasteiger charge is -2.33. The predicted molar refractivity (Wildman–Crippen MR) is 158 cm³/mol. The third kappa shape index (κ3) is 10.2. The molecule has 0 aliphatic carbocycles. The lowest BCUT2D eigenvalue weighted by atomic mass is 9.93. The number of hydrogen-bond donors (Lipinski definition) is 0. The first-order valence-electron chi connectivity index (χ1n) is 14.1. The summed E-state index contributed by atoms with van der Waals surface area (Å²) in [4.78, 5) is 4.69. The summed E-state index contributed by atoms with van der Waals surface area (Å²) in [6.45, 7) is 15.0. The highest BCUT2D eigenvalue weighted by atomic mass is 31.2. The lowest BCUT2D eigenvalue weighted by Crippen LogP contribution is -2.36. The fraction of sp³-hybridized carbons (Fsp3) is 0.581. The van der Waals surface area contributed by atoms with Crippen LogP contribution in [-0.2, 0) is 29.3 Å². The van der Waals surface area contributed by atoms with Crippen molar-refractivity contribution in [2.75, 3.05) is 19.8 Å². The zero-order chi connectivity index (χ0) is 30.5. The molecule has 0 aromatic heterocycles. The van der Waals surface area contributed by atoms with Crippen molar-refractivity contribution in [1.29, 1.82) is 0 Å². The fourth-order valence-electron chi connectivity index (χ4n) is 4.27. The van der Waals surface area contributed by atoms with Crippen molar-refractivity contribution < 1.29 is 36.4 Å². The average Bonchev–Trinajstić information content (AvgIpc) is 3.23. The van der Waals surface area contributed by atoms with Crippen molar-refractivity contribution in [3.05, 3.63) is 53.6 Å². The van der Waals surface area contributed by atoms with Crippen molar-refractivity contribution in [2.45, 2.75) is 97.8 Å². The molecule has 1 unspecified atom stereocenters. The first kappa shape index (κ1) is 33.2. The number of ether oxygens (including phenoxy) is 2. The lowest BCUT2D eigenvalue weighted by molar-refractivity contribution is -0.00466. The maximum atomic E-state index is 14.8. The standard InChI is InChI=1S/C31H44F2NO6P/c1-9-10-17-36-28-19-26(32)25(18-27(28)33)24-13-11-23(12-14-24)15-16-31(20-37-22(2)34-31)21-38-41(35,39-29(3,4)5)40-30(6,7)8/h11-14,18-19H,9-10,15-17,20-21H2,1-8H3. The van der Waals surface area contributed by atoms with Gasteiger partial charge in [0.25, 0.3) is 0 Å². The monoisotopic (exact) mass is 595 g/mol. The van der Waals surface area contributed by atoms with Crippen molar-refractivity contribution in [3.8, 4) is 16.9 Å². The van der Waals surface area contributed by atoms with Gasteiger partial charge in [0.2, 0.25) is 0 Å². The second-order valence-corrected chi connectivity index (χ2v) is 14.0. The minimum atomic E-state index is -3.93. The highest BCUT2D eigenvalue weighted by Crippen LogP contribution is 2.56. The van der Waals surface area contributed by atoms with Crippen LogP contribution in [0.25, 0.3) is 11.1 Å². The third-order valence-corrected chi connectivity index (χ3v) is 8.12. The van der Waals surface area contributed by atoms with E-state index in [1.54, 1.807) is 60.6 Å². The number of halogens is 2. The van der Waals surface area contributed by atoms with Gasteiger partial charge in [0.15, 0.2) is 17.5 Å². The molecule has 1 atom stereocenters. The maximum Gasteiger partial charge on any atom is 0.475 e. The summed E-state index contributed by atoms with van der Waals surface area (Å²) < 4.78 is 71.4. The first-order chi connectivity index (χ1) is 19.0. The van der Waals surface area contributed by atoms with Crippen LogP contribution in [0.5, 0.6) is 5.75 Å². The highest BCUT2D eigenvalue weighted by Gasteiger charge is 2.43. The molecule has 228 valence electrons. The Bertz CT molecular complexity index is 1230. The van der Waals surface area contributed by atoms with Gasteiger partial charge in [-0.1, -0.05) is 37.6 Å². The van der Waals surface area contributed by atoms with Crippen LogP contribution in [0.15, 0.2) is 41.4 Å². The summed E-state index contributed by atoms with van der Waals surface area (Å²) in [5.41, 5.74) is -0.615. The second kappa shape index (κ2) is 13.3. The number of benzene rings is 2. The maximum absolute atomic E-state index is 14.8. The van der Waals surface area contributed by atoms with Crippen LogP contribution in [0.2, 0.25) is 0 Å². The summed E-state index contributed by atoms with van der Waals surface area (Å²) in [5.74, 6) is -0.703. The smallest absolute Gasteiger partial charge is 0.475 e. The number of unbranched alkanes of at least 4 members (excludes halogenated alkanes) is 1. The van der Waals surface area contributed by atoms with Gasteiger partial charge in [0.05, 0.1) is 24.4 Å². The van der Waals surface area contributed by atoms with Gasteiger partial charge < -0.3 is 9.47 Å². The van der Waals surface area contributed by atoms with Gasteiger partial charge >= 0.3 is 7.82 Å². The molecule has 41 heavy (non-hydrogen) atoms. The Morgan fingerprint density at radius 3 is 2.17 bits per heavy atom. The van der Waals surface area contributed by atoms with Crippen LogP contribution in [0.3, 0.4) is 0 Å². The Morgan fingerprint density at radius 2 is 1.63 bits per heavy atom. The molecule has 0 fully saturated rings. The first-order valence-corrected chi connectivity index (χ1v) is 15.5. The zero-order valence-electron chi connectivity index (χ0n) is 25.5. The van der Waals surface area contributed by atoms with E-state index >= 15 is 0 Å². The molecule has 1 aliphatic rings. The SMILES string of the molecule is CCCCOc1cc(F)c(-c2ccc(CCC3(COP(=O)(OC(C)(C)C)OC(C)(C)C)COC(C)=N3)cc2)cc1F. The van der Waals surface area contributed by atoms with E-state index in [0.717, 1.165) is 24.5 Å². The van der Waals surface area contributed by atoms with Crippen LogP contribution in [0.4, 0.5) is 8.78 Å². The van der Waals surface area contributed by atoms with E-state index < -0.39 is 36.2 Å². The average molecular weight is 596 g/mol. The molecule has 0 radical (unpaired) electrons. The molecule has 0 saturated carbocycles. The quantitative estimate of drug-likeness (QED) is 0.170. The summed E-state index contributed by atoms with van der Waals surface area (Å²) in [7, 11) is -3.93. The van der Waals surface area contributed by atoms with E-state index in [-0.39, 0.29) is 24.5 Å². The number of aliphatic imine (C=N–C) groups is 1. The molecule has 7 nitrogen and oxygen atoms in total. The topological polar surface area (TPSA) is 75.6 Å². The van der Waals surface area contributed by atoms with Crippen molar-refractivity contribution in [1.82, 2.24) is 0 Å². The minimum absolute atomic E-state index is 0.0248. The molecule has 0 saturated heterocycles. The minimum Gasteiger partial charge on any atom is -0.490 e. The van der Waals surface area contributed by atoms with Crippen LogP contribution in [0.1, 0.15) is 80.2 Å². The van der Waals surface area contributed by atoms with Crippen molar-refractivity contribution in [3.63, 3.8) is 0 Å². The number of phosphoric acid groups is 1. The number of phosphoric ester groups is 1. The van der Waals surface area contributed by atoms with Gasteiger partial charge in [-0.2, -0.15) is 0 Å². The Kier molecular flexibility index (Phi) is 10.8. The molecule has 2 aromatic rings. The predicted octanol–water partition coefficient (Wildman–Crippen LogP) is 8.69. The van der Waals surface area contributed by atoms with Crippen LogP contribution in [-0.4, -0.2) is 42.5 Å². The van der Waals surface area contributed by atoms with E-state index in [2.05, 4.69) is 4.99 Å². The zero-order valence-corrected chi connectivity index (χ0v) is 26.4. The fourth-order valence-corrected chi connectivity index (χ4v) is 6.15. The van der Waals surface area contributed by atoms with Gasteiger partial charge in [-0.15, -0.1) is 0 Å². The summed E-state index contributed by atoms with van der Waals surface area (Å²) in [6, 6.07) is 9.53. The Labute approximate surface area is 243 Å². The molecule has 2 aromatic carbocycles. The molecule has 1 heterocycles. The molecule has 3 rings (SSSR count). The van der Waals surface area contributed by atoms with Gasteiger partial charge in [0.1, 0.15) is 18.0 Å². The van der Waals surface area contributed by atoms with E-state index in [4.69, 9.17) is 23.0 Å². The van der Waals surface area contributed by atoms with E-state index in [9.17, 15) is 13.3 Å². The second-order valence-electron chi connectivity index (χ2n) is 12.4. The van der Waals surface area contributed by atoms with Gasteiger partial charge in [-0.25, -0.2) is 18.3 Å². The normalized spacial score (nSPS) is 17.9. The van der Waals surface area contributed by atoms with E-state index in [1.165, 1.54) is 6.07 Å². The van der Waals surface area contributed by atoms with Gasteiger partial charge in [-0.3, -0.25) is 13.6 Å². The number of aryl methyl sites for hydroxylation is 1. The summed E-state index contributed by atoms with van der Waals surface area (Å²) >= 11 is 0. The number of nitrogens with zero attached hydrogens (tertiary/aromatic N) is 1. The Morgan fingerprint density at radius 1 is 1.00 bits per heavy atom. The Hall–Kier alpha value is -2.32. The van der Waals surface area contributed by atoms with Crippen molar-refractivity contribution in [2.24, 2.45) is 4.99 Å². The number of rotatable bonds is 13. The van der Waals surface area contributed by atoms with Crippen LogP contribution >= 0.6 is 7.82 Å².